The van der Waals surface area contributed by atoms with Crippen LogP contribution in [0.5, 0.6) is 11.5 Å². The molecule has 1 aromatic carbocycles. The van der Waals surface area contributed by atoms with Gasteiger partial charge in [-0.2, -0.15) is 8.78 Å². The van der Waals surface area contributed by atoms with E-state index in [1.165, 1.54) is 6.07 Å². The summed E-state index contributed by atoms with van der Waals surface area (Å²) in [5, 5.41) is 12.4. The number of halogens is 2. The summed E-state index contributed by atoms with van der Waals surface area (Å²) in [5.74, 6) is -0.731. The number of amides is 2. The number of carboxylic acids is 1. The van der Waals surface area contributed by atoms with Crippen molar-refractivity contribution in [2.75, 3.05) is 19.7 Å². The van der Waals surface area contributed by atoms with Crippen LogP contribution in [-0.4, -0.2) is 48.3 Å². The van der Waals surface area contributed by atoms with E-state index in [1.807, 2.05) is 0 Å². The molecule has 0 aromatic heterocycles. The average molecular weight is 398 g/mol. The van der Waals surface area contributed by atoms with Gasteiger partial charge in [0.25, 0.3) is 0 Å². The van der Waals surface area contributed by atoms with Crippen molar-refractivity contribution in [3.63, 3.8) is 0 Å². The predicted molar refractivity (Wildman–Crippen MR) is 95.5 cm³/mol. The number of hydrogen-bond donors (Lipinski definition) is 2. The lowest BCUT2D eigenvalue weighted by molar-refractivity contribution is -0.149. The summed E-state index contributed by atoms with van der Waals surface area (Å²) in [4.78, 5) is 25.8. The van der Waals surface area contributed by atoms with Gasteiger partial charge in [-0.25, -0.2) is 4.79 Å². The number of likely N-dealkylation sites (tertiary alicyclic amines) is 1. The van der Waals surface area contributed by atoms with Gasteiger partial charge in [-0.15, -0.1) is 0 Å². The first-order valence-corrected chi connectivity index (χ1v) is 9.32. The van der Waals surface area contributed by atoms with E-state index in [4.69, 9.17) is 4.74 Å². The van der Waals surface area contributed by atoms with Gasteiger partial charge in [-0.3, -0.25) is 4.79 Å². The zero-order valence-electron chi connectivity index (χ0n) is 15.6. The van der Waals surface area contributed by atoms with Crippen LogP contribution in [0.25, 0.3) is 0 Å². The molecule has 154 valence electrons. The summed E-state index contributed by atoms with van der Waals surface area (Å²) in [5.41, 5.74) is -0.168. The van der Waals surface area contributed by atoms with Crippen LogP contribution in [0.3, 0.4) is 0 Å². The molecule has 1 aliphatic carbocycles. The summed E-state index contributed by atoms with van der Waals surface area (Å²) in [6.07, 6.45) is 2.29. The van der Waals surface area contributed by atoms with Gasteiger partial charge >= 0.3 is 18.6 Å². The topological polar surface area (TPSA) is 88.1 Å². The van der Waals surface area contributed by atoms with Gasteiger partial charge in [-0.05, 0) is 43.4 Å². The van der Waals surface area contributed by atoms with Gasteiger partial charge in [0.15, 0.2) is 11.5 Å². The van der Waals surface area contributed by atoms with Gasteiger partial charge in [-0.1, -0.05) is 12.5 Å². The Kier molecular flexibility index (Phi) is 5.90. The van der Waals surface area contributed by atoms with Crippen LogP contribution in [0, 0.1) is 11.3 Å². The fourth-order valence-electron chi connectivity index (χ4n) is 4.21. The minimum atomic E-state index is -2.96. The van der Waals surface area contributed by atoms with Crippen LogP contribution in [0.4, 0.5) is 13.6 Å². The Morgan fingerprint density at radius 3 is 2.82 bits per heavy atom. The highest BCUT2D eigenvalue weighted by molar-refractivity contribution is 5.80. The van der Waals surface area contributed by atoms with Crippen molar-refractivity contribution in [3.8, 4) is 11.5 Å². The molecule has 1 aliphatic heterocycles. The normalized spacial score (nSPS) is 23.6. The van der Waals surface area contributed by atoms with Gasteiger partial charge in [0.05, 0.1) is 12.0 Å². The number of ether oxygens (including phenoxy) is 2. The number of alkyl halides is 2. The molecular weight excluding hydrogens is 374 g/mol. The number of carbonyl (C=O) groups is 2. The highest BCUT2D eigenvalue weighted by Crippen LogP contribution is 2.48. The molecular formula is C19H24F2N2O5. The number of benzene rings is 1. The molecule has 0 spiro atoms. The number of nitrogens with zero attached hydrogens (tertiary/aromatic N) is 1. The van der Waals surface area contributed by atoms with E-state index in [1.54, 1.807) is 24.0 Å². The number of fused-ring (bicyclic) bond motifs is 1. The molecule has 0 radical (unpaired) electrons. The number of hydrogen-bond acceptors (Lipinski definition) is 4. The van der Waals surface area contributed by atoms with Crippen molar-refractivity contribution in [2.45, 2.75) is 39.3 Å². The first kappa shape index (κ1) is 20.2. The van der Waals surface area contributed by atoms with E-state index < -0.39 is 18.0 Å². The Hall–Kier alpha value is -2.58. The zero-order chi connectivity index (χ0) is 20.3. The van der Waals surface area contributed by atoms with Crippen molar-refractivity contribution in [2.24, 2.45) is 11.3 Å². The maximum Gasteiger partial charge on any atom is 0.387 e. The fourth-order valence-corrected chi connectivity index (χ4v) is 4.21. The maximum absolute atomic E-state index is 12.5. The Bertz CT molecular complexity index is 745. The molecule has 2 N–H and O–H groups in total. The minimum Gasteiger partial charge on any atom is -0.490 e. The van der Waals surface area contributed by atoms with Crippen molar-refractivity contribution in [1.82, 2.24) is 10.2 Å². The van der Waals surface area contributed by atoms with E-state index in [0.29, 0.717) is 18.5 Å². The Labute approximate surface area is 161 Å². The van der Waals surface area contributed by atoms with Crippen LogP contribution < -0.4 is 14.8 Å². The molecule has 2 aliphatic rings. The second-order valence-electron chi connectivity index (χ2n) is 7.18. The predicted octanol–water partition coefficient (Wildman–Crippen LogP) is 3.08. The molecule has 7 nitrogen and oxygen atoms in total. The molecule has 1 saturated carbocycles. The largest absolute Gasteiger partial charge is 0.490 e. The maximum atomic E-state index is 12.5. The molecule has 2 amide bonds. The van der Waals surface area contributed by atoms with Crippen molar-refractivity contribution >= 4 is 12.0 Å². The SMILES string of the molecule is CCOc1cc(CNC(=O)N2C[C@@H]3CCC[C@@]3(C(=O)O)C2)ccc1OC(F)F. The monoisotopic (exact) mass is 398 g/mol. The second-order valence-corrected chi connectivity index (χ2v) is 7.18. The molecule has 28 heavy (non-hydrogen) atoms. The first-order valence-electron chi connectivity index (χ1n) is 9.32. The molecule has 2 atom stereocenters. The molecule has 1 saturated heterocycles. The van der Waals surface area contributed by atoms with Crippen LogP contribution in [0.1, 0.15) is 31.7 Å². The van der Waals surface area contributed by atoms with E-state index in [9.17, 15) is 23.5 Å². The lowest BCUT2D eigenvalue weighted by atomic mass is 9.81. The van der Waals surface area contributed by atoms with Crippen molar-refractivity contribution in [3.05, 3.63) is 23.8 Å². The Balaban J connectivity index is 1.62. The van der Waals surface area contributed by atoms with Crippen molar-refractivity contribution in [1.29, 1.82) is 0 Å². The van der Waals surface area contributed by atoms with E-state index in [2.05, 4.69) is 10.1 Å². The van der Waals surface area contributed by atoms with Crippen LogP contribution in [0.2, 0.25) is 0 Å². The fraction of sp³-hybridized carbons (Fsp3) is 0.579. The van der Waals surface area contributed by atoms with Crippen molar-refractivity contribution < 1.29 is 33.0 Å². The summed E-state index contributed by atoms with van der Waals surface area (Å²) in [7, 11) is 0. The Morgan fingerprint density at radius 1 is 1.39 bits per heavy atom. The second kappa shape index (κ2) is 8.20. The van der Waals surface area contributed by atoms with Crippen LogP contribution in [-0.2, 0) is 11.3 Å². The summed E-state index contributed by atoms with van der Waals surface area (Å²) in [6, 6.07) is 4.15. The number of aliphatic carboxylic acids is 1. The zero-order valence-corrected chi connectivity index (χ0v) is 15.6. The number of urea groups is 1. The van der Waals surface area contributed by atoms with Gasteiger partial charge in [0, 0.05) is 19.6 Å². The summed E-state index contributed by atoms with van der Waals surface area (Å²) < 4.78 is 34.7. The average Bonchev–Trinajstić information content (AvgIpc) is 3.20. The van der Waals surface area contributed by atoms with E-state index in [-0.39, 0.29) is 43.1 Å². The number of carboxylic acid groups (broad SMARTS) is 1. The number of nitrogens with one attached hydrogen (secondary N) is 1. The molecule has 3 rings (SSSR count). The number of carbonyl (C=O) groups excluding carboxylic acids is 1. The Morgan fingerprint density at radius 2 is 2.18 bits per heavy atom. The summed E-state index contributed by atoms with van der Waals surface area (Å²) >= 11 is 0. The quantitative estimate of drug-likeness (QED) is 0.737. The lowest BCUT2D eigenvalue weighted by Gasteiger charge is -2.23. The van der Waals surface area contributed by atoms with Gasteiger partial charge in [0.2, 0.25) is 0 Å². The smallest absolute Gasteiger partial charge is 0.387 e. The first-order chi connectivity index (χ1) is 13.4. The highest BCUT2D eigenvalue weighted by Gasteiger charge is 2.55. The summed E-state index contributed by atoms with van der Waals surface area (Å²) in [6.45, 7) is -0.144. The van der Waals surface area contributed by atoms with Gasteiger partial charge in [0.1, 0.15) is 0 Å². The standard InChI is InChI=1S/C19H24F2N2O5/c1-2-27-15-8-12(5-6-14(15)28-17(20)21)9-22-18(26)23-10-13-4-3-7-19(13,11-23)16(24)25/h5-6,8,13,17H,2-4,7,9-11H2,1H3,(H,22,26)(H,24,25)/t13-,19+/m0/s1. The van der Waals surface area contributed by atoms with Gasteiger partial charge < -0.3 is 24.8 Å². The molecule has 1 heterocycles. The highest BCUT2D eigenvalue weighted by atomic mass is 19.3. The molecule has 0 bridgehead atoms. The molecule has 0 unspecified atom stereocenters. The lowest BCUT2D eigenvalue weighted by Crippen LogP contribution is -2.41. The molecule has 9 heteroatoms. The third-order valence-corrected chi connectivity index (χ3v) is 5.55. The van der Waals surface area contributed by atoms with Crippen LogP contribution in [0.15, 0.2) is 18.2 Å². The minimum absolute atomic E-state index is 0.00825. The van der Waals surface area contributed by atoms with E-state index >= 15 is 0 Å². The van der Waals surface area contributed by atoms with E-state index in [0.717, 1.165) is 12.8 Å². The molecule has 2 fully saturated rings. The van der Waals surface area contributed by atoms with Crippen LogP contribution >= 0.6 is 0 Å². The molecule has 1 aromatic rings. The number of rotatable bonds is 7. The third kappa shape index (κ3) is 3.98. The third-order valence-electron chi connectivity index (χ3n) is 5.55.